The largest absolute Gasteiger partial charge is 1.00 e. The number of hydrogen-bond donors (Lipinski definition) is 0. The molecule has 0 bridgehead atoms. The standard InChI is InChI=1S/C24H47O8PS.2Na/c1-2-3-4-5-6-8-11-14-17-24(26)32-23(20-31-33(27,28)29)21-34-19-16-13-10-7-9-12-15-18-30-22-25;;/h22-23H,2-21H2,1H3,(H2,27,28,29);;/q;2*+1/p-2/t23-;;/m1../s1. The zero-order valence-electron chi connectivity index (χ0n) is 22.9. The first-order valence-corrected chi connectivity index (χ1v) is 15.5. The van der Waals surface area contributed by atoms with Gasteiger partial charge in [-0.2, -0.15) is 11.8 Å². The minimum absolute atomic E-state index is 0. The maximum atomic E-state index is 12.1. The topological polar surface area (TPSA) is 125 Å². The summed E-state index contributed by atoms with van der Waals surface area (Å²) < 4.78 is 25.2. The van der Waals surface area contributed by atoms with Crippen molar-refractivity contribution in [1.82, 2.24) is 0 Å². The third-order valence-electron chi connectivity index (χ3n) is 5.37. The van der Waals surface area contributed by atoms with E-state index in [4.69, 9.17) is 4.74 Å². The van der Waals surface area contributed by atoms with E-state index in [1.54, 1.807) is 11.8 Å². The van der Waals surface area contributed by atoms with Gasteiger partial charge in [-0.15, -0.1) is 0 Å². The summed E-state index contributed by atoms with van der Waals surface area (Å²) in [5, 5.41) is 0. The molecule has 0 aliphatic heterocycles. The second kappa shape index (κ2) is 30.9. The SMILES string of the molecule is CCCCCCCCCCC(=O)O[C@H](COP(=O)([O-])[O-])CSCCCCCCCCCOC=O.[Na+].[Na+]. The van der Waals surface area contributed by atoms with Crippen molar-refractivity contribution in [2.75, 3.05) is 24.7 Å². The maximum Gasteiger partial charge on any atom is 1.00 e. The molecular formula is C24H45Na2O8PS. The summed E-state index contributed by atoms with van der Waals surface area (Å²) in [7, 11) is -5.10. The minimum Gasteiger partial charge on any atom is -0.790 e. The molecule has 12 heteroatoms. The molecule has 0 unspecified atom stereocenters. The van der Waals surface area contributed by atoms with Crippen LogP contribution in [0.4, 0.5) is 0 Å². The average Bonchev–Trinajstić information content (AvgIpc) is 2.79. The first-order chi connectivity index (χ1) is 16.4. The van der Waals surface area contributed by atoms with Crippen molar-refractivity contribution in [2.24, 2.45) is 0 Å². The molecule has 0 saturated carbocycles. The van der Waals surface area contributed by atoms with Gasteiger partial charge in [0.25, 0.3) is 6.47 Å². The van der Waals surface area contributed by atoms with Gasteiger partial charge in [-0.3, -0.25) is 9.59 Å². The van der Waals surface area contributed by atoms with Crippen molar-refractivity contribution in [3.05, 3.63) is 0 Å². The van der Waals surface area contributed by atoms with Gasteiger partial charge in [0.1, 0.15) is 6.10 Å². The predicted octanol–water partition coefficient (Wildman–Crippen LogP) is -1.08. The van der Waals surface area contributed by atoms with Crippen LogP contribution in [0.1, 0.15) is 110 Å². The van der Waals surface area contributed by atoms with Crippen molar-refractivity contribution in [3.63, 3.8) is 0 Å². The van der Waals surface area contributed by atoms with Crippen LogP contribution in [0.25, 0.3) is 0 Å². The van der Waals surface area contributed by atoms with Crippen LogP contribution in [0.5, 0.6) is 0 Å². The summed E-state index contributed by atoms with van der Waals surface area (Å²) >= 11 is 1.57. The van der Waals surface area contributed by atoms with E-state index in [-0.39, 0.29) is 65.1 Å². The van der Waals surface area contributed by atoms with E-state index in [0.29, 0.717) is 25.3 Å². The van der Waals surface area contributed by atoms with Crippen LogP contribution < -0.4 is 68.9 Å². The fraction of sp³-hybridized carbons (Fsp3) is 0.917. The molecule has 0 aromatic carbocycles. The number of unbranched alkanes of at least 4 members (excludes halogenated alkanes) is 13. The van der Waals surface area contributed by atoms with E-state index in [1.807, 2.05) is 0 Å². The molecule has 0 saturated heterocycles. The first kappa shape index (κ1) is 41.9. The van der Waals surface area contributed by atoms with Crippen LogP contribution in [0, 0.1) is 0 Å². The Morgan fingerprint density at radius 1 is 0.861 bits per heavy atom. The number of thioether (sulfide) groups is 1. The van der Waals surface area contributed by atoms with Crippen LogP contribution in [0.3, 0.4) is 0 Å². The molecule has 0 N–H and O–H groups in total. The predicted molar refractivity (Wildman–Crippen MR) is 132 cm³/mol. The summed E-state index contributed by atoms with van der Waals surface area (Å²) in [4.78, 5) is 43.8. The first-order valence-electron chi connectivity index (χ1n) is 12.9. The van der Waals surface area contributed by atoms with Gasteiger partial charge in [-0.1, -0.05) is 84.0 Å². The van der Waals surface area contributed by atoms with Crippen molar-refractivity contribution < 1.29 is 97.1 Å². The van der Waals surface area contributed by atoms with Crippen molar-refractivity contribution in [3.8, 4) is 0 Å². The molecule has 0 amide bonds. The monoisotopic (exact) mass is 570 g/mol. The number of hydrogen-bond acceptors (Lipinski definition) is 9. The van der Waals surface area contributed by atoms with Crippen LogP contribution in [0.15, 0.2) is 0 Å². The molecule has 0 spiro atoms. The molecule has 0 aliphatic carbocycles. The number of carbonyl (C=O) groups is 2. The molecule has 1 atom stereocenters. The van der Waals surface area contributed by atoms with Crippen LogP contribution >= 0.6 is 19.6 Å². The fourth-order valence-electron chi connectivity index (χ4n) is 3.47. The molecule has 0 heterocycles. The average molecular weight is 571 g/mol. The van der Waals surface area contributed by atoms with Gasteiger partial charge in [-0.25, -0.2) is 0 Å². The second-order valence-corrected chi connectivity index (χ2v) is 10.9. The van der Waals surface area contributed by atoms with Gasteiger partial charge in [-0.05, 0) is 25.0 Å². The number of carbonyl (C=O) groups excluding carboxylic acids is 2. The third-order valence-corrected chi connectivity index (χ3v) is 7.02. The number of phosphoric acid groups is 1. The molecule has 0 rings (SSSR count). The van der Waals surface area contributed by atoms with Gasteiger partial charge in [0, 0.05) is 12.2 Å². The third kappa shape index (κ3) is 33.4. The van der Waals surface area contributed by atoms with Gasteiger partial charge in [0.05, 0.1) is 21.0 Å². The van der Waals surface area contributed by atoms with Gasteiger partial charge in [0.15, 0.2) is 0 Å². The van der Waals surface area contributed by atoms with Gasteiger partial charge in [0.2, 0.25) is 0 Å². The van der Waals surface area contributed by atoms with E-state index in [9.17, 15) is 23.9 Å². The van der Waals surface area contributed by atoms with E-state index in [0.717, 1.165) is 70.0 Å². The Morgan fingerprint density at radius 2 is 1.39 bits per heavy atom. The summed E-state index contributed by atoms with van der Waals surface area (Å²) in [5.74, 6) is 0.899. The molecule has 36 heavy (non-hydrogen) atoms. The zero-order valence-corrected chi connectivity index (χ0v) is 28.6. The molecule has 0 aromatic rings. The maximum absolute atomic E-state index is 12.1. The number of phosphoric ester groups is 1. The number of rotatable bonds is 26. The summed E-state index contributed by atoms with van der Waals surface area (Å²) in [5.41, 5.74) is 0. The molecule has 0 aromatic heterocycles. The molecule has 8 nitrogen and oxygen atoms in total. The second-order valence-electron chi connectivity index (χ2n) is 8.60. The summed E-state index contributed by atoms with van der Waals surface area (Å²) in [6, 6.07) is 0. The van der Waals surface area contributed by atoms with Crippen molar-refractivity contribution >= 4 is 32.0 Å². The smallest absolute Gasteiger partial charge is 0.790 e. The Hall–Kier alpha value is 1.40. The van der Waals surface area contributed by atoms with E-state index in [1.165, 1.54) is 32.1 Å². The van der Waals surface area contributed by atoms with Crippen molar-refractivity contribution in [2.45, 2.75) is 116 Å². The van der Waals surface area contributed by atoms with Gasteiger partial charge < -0.3 is 28.3 Å². The van der Waals surface area contributed by atoms with Crippen LogP contribution in [0.2, 0.25) is 0 Å². The normalized spacial score (nSPS) is 11.8. The van der Waals surface area contributed by atoms with Gasteiger partial charge >= 0.3 is 65.1 Å². The van der Waals surface area contributed by atoms with Crippen molar-refractivity contribution in [1.29, 1.82) is 0 Å². The Bertz CT molecular complexity index is 540. The molecule has 202 valence electrons. The van der Waals surface area contributed by atoms with Crippen LogP contribution in [-0.4, -0.2) is 43.3 Å². The van der Waals surface area contributed by atoms with Crippen LogP contribution in [-0.2, 0) is 28.2 Å². The minimum atomic E-state index is -5.10. The number of ether oxygens (including phenoxy) is 2. The fourth-order valence-corrected chi connectivity index (χ4v) is 4.83. The Morgan fingerprint density at radius 3 is 1.94 bits per heavy atom. The van der Waals surface area contributed by atoms with E-state index in [2.05, 4.69) is 16.2 Å². The zero-order chi connectivity index (χ0) is 25.3. The molecule has 0 fully saturated rings. The molecular weight excluding hydrogens is 525 g/mol. The van der Waals surface area contributed by atoms with E-state index < -0.39 is 20.5 Å². The molecule has 0 aliphatic rings. The Balaban J connectivity index is -0.00000544. The summed E-state index contributed by atoms with van der Waals surface area (Å²) in [6.45, 7) is 2.74. The Kier molecular flexibility index (Phi) is 36.0. The quantitative estimate of drug-likeness (QED) is 0.0420. The van der Waals surface area contributed by atoms with E-state index >= 15 is 0 Å². The molecule has 0 radical (unpaired) electrons. The number of esters is 1. The summed E-state index contributed by atoms with van der Waals surface area (Å²) in [6.07, 6.45) is 16.0. The Labute approximate surface area is 267 Å².